The summed E-state index contributed by atoms with van der Waals surface area (Å²) in [6, 6.07) is 5.34. The summed E-state index contributed by atoms with van der Waals surface area (Å²) < 4.78 is 30.1. The highest BCUT2D eigenvalue weighted by Crippen LogP contribution is 2.26. The standard InChI is InChI=1S/C21H29NO7S/c1-20(2,3)15-10-8-7-9-14(15)11-12-30(27,28)18(25)16(13-17(23)24)22-19(26)29-21(4,5)6/h7-12,16H,13H2,1-6H3,(H,22,26)(H,23,24)/t16-/m0/s1. The molecule has 0 unspecified atom stereocenters. The molecule has 166 valence electrons. The van der Waals surface area contributed by atoms with E-state index in [1.54, 1.807) is 32.9 Å². The highest BCUT2D eigenvalue weighted by Gasteiger charge is 2.33. The molecule has 2 N–H and O–H groups in total. The van der Waals surface area contributed by atoms with Gasteiger partial charge >= 0.3 is 12.1 Å². The van der Waals surface area contributed by atoms with Crippen LogP contribution in [0.4, 0.5) is 4.79 Å². The number of nitrogens with one attached hydrogen (secondary N) is 1. The van der Waals surface area contributed by atoms with Crippen molar-refractivity contribution in [2.75, 3.05) is 0 Å². The summed E-state index contributed by atoms with van der Waals surface area (Å²) in [5.41, 5.74) is 0.309. The van der Waals surface area contributed by atoms with E-state index >= 15 is 0 Å². The van der Waals surface area contributed by atoms with Crippen molar-refractivity contribution in [3.63, 3.8) is 0 Å². The predicted octanol–water partition coefficient (Wildman–Crippen LogP) is 3.26. The summed E-state index contributed by atoms with van der Waals surface area (Å²) in [7, 11) is -4.51. The summed E-state index contributed by atoms with van der Waals surface area (Å²) >= 11 is 0. The summed E-state index contributed by atoms with van der Waals surface area (Å²) in [4.78, 5) is 35.5. The zero-order chi connectivity index (χ0) is 23.3. The minimum absolute atomic E-state index is 0.265. The summed E-state index contributed by atoms with van der Waals surface area (Å²) in [5.74, 6) is -1.44. The van der Waals surface area contributed by atoms with Gasteiger partial charge in [0.1, 0.15) is 11.6 Å². The van der Waals surface area contributed by atoms with Gasteiger partial charge in [0, 0.05) is 5.41 Å². The minimum Gasteiger partial charge on any atom is -0.481 e. The van der Waals surface area contributed by atoms with Gasteiger partial charge in [-0.15, -0.1) is 0 Å². The predicted molar refractivity (Wildman–Crippen MR) is 114 cm³/mol. The fourth-order valence-corrected chi connectivity index (χ4v) is 3.57. The van der Waals surface area contributed by atoms with Crippen molar-refractivity contribution in [1.29, 1.82) is 0 Å². The molecule has 0 aliphatic rings. The van der Waals surface area contributed by atoms with Crippen LogP contribution >= 0.6 is 0 Å². The molecule has 30 heavy (non-hydrogen) atoms. The van der Waals surface area contributed by atoms with Crippen molar-refractivity contribution >= 4 is 33.1 Å². The zero-order valence-electron chi connectivity index (χ0n) is 18.1. The number of carbonyl (C=O) groups excluding carboxylic acids is 2. The summed E-state index contributed by atoms with van der Waals surface area (Å²) in [5, 5.41) is 10.4. The molecule has 1 aromatic carbocycles. The third-order valence-corrected chi connectivity index (χ3v) is 5.17. The van der Waals surface area contributed by atoms with Crippen molar-refractivity contribution in [3.05, 3.63) is 40.8 Å². The van der Waals surface area contributed by atoms with E-state index < -0.39 is 45.1 Å². The van der Waals surface area contributed by atoms with E-state index in [9.17, 15) is 22.8 Å². The molecule has 0 aliphatic carbocycles. The van der Waals surface area contributed by atoms with Gasteiger partial charge in [-0.05, 0) is 43.4 Å². The van der Waals surface area contributed by atoms with Gasteiger partial charge in [0.25, 0.3) is 5.12 Å². The lowest BCUT2D eigenvalue weighted by Gasteiger charge is -2.22. The monoisotopic (exact) mass is 439 g/mol. The largest absolute Gasteiger partial charge is 0.481 e. The van der Waals surface area contributed by atoms with E-state index in [0.29, 0.717) is 5.56 Å². The molecule has 0 heterocycles. The van der Waals surface area contributed by atoms with Gasteiger partial charge in [0.2, 0.25) is 9.84 Å². The number of carboxylic acids is 1. The van der Waals surface area contributed by atoms with Gasteiger partial charge < -0.3 is 15.2 Å². The number of benzene rings is 1. The minimum atomic E-state index is -4.51. The molecule has 0 radical (unpaired) electrons. The molecular weight excluding hydrogens is 410 g/mol. The quantitative estimate of drug-likeness (QED) is 0.696. The molecular formula is C21H29NO7S. The lowest BCUT2D eigenvalue weighted by Crippen LogP contribution is -2.46. The SMILES string of the molecule is CC(C)(C)OC(=O)N[C@@H](CC(=O)O)C(=O)S(=O)(=O)C=Cc1ccccc1C(C)(C)C. The maximum atomic E-state index is 12.5. The third-order valence-electron chi connectivity index (χ3n) is 3.83. The van der Waals surface area contributed by atoms with Crippen LogP contribution < -0.4 is 5.32 Å². The number of sulfone groups is 1. The first kappa shape index (κ1) is 25.4. The van der Waals surface area contributed by atoms with Crippen LogP contribution in [0.25, 0.3) is 6.08 Å². The van der Waals surface area contributed by atoms with E-state index in [1.807, 2.05) is 38.2 Å². The Kier molecular flexibility index (Phi) is 7.96. The van der Waals surface area contributed by atoms with Gasteiger partial charge in [0.05, 0.1) is 6.42 Å². The van der Waals surface area contributed by atoms with Crippen LogP contribution in [0.3, 0.4) is 0 Å². The first-order chi connectivity index (χ1) is 13.5. The van der Waals surface area contributed by atoms with E-state index in [4.69, 9.17) is 9.84 Å². The van der Waals surface area contributed by atoms with Crippen molar-refractivity contribution in [2.24, 2.45) is 0 Å². The normalized spacial score (nSPS) is 13.7. The highest BCUT2D eigenvalue weighted by atomic mass is 32.2. The molecule has 1 amide bonds. The first-order valence-electron chi connectivity index (χ1n) is 9.31. The molecule has 0 spiro atoms. The van der Waals surface area contributed by atoms with Crippen molar-refractivity contribution in [2.45, 2.75) is 65.0 Å². The van der Waals surface area contributed by atoms with Crippen molar-refractivity contribution < 1.29 is 32.6 Å². The van der Waals surface area contributed by atoms with Crippen LogP contribution in [0.1, 0.15) is 59.1 Å². The van der Waals surface area contributed by atoms with Gasteiger partial charge in [-0.3, -0.25) is 9.59 Å². The number of hydrogen-bond donors (Lipinski definition) is 2. The summed E-state index contributed by atoms with van der Waals surface area (Å²) in [6.07, 6.45) is -0.692. The average molecular weight is 440 g/mol. The maximum Gasteiger partial charge on any atom is 0.408 e. The Bertz CT molecular complexity index is 935. The van der Waals surface area contributed by atoms with Crippen LogP contribution in [0.5, 0.6) is 0 Å². The Hall–Kier alpha value is -2.68. The van der Waals surface area contributed by atoms with Crippen LogP contribution in [0.15, 0.2) is 29.7 Å². The molecule has 0 fully saturated rings. The first-order valence-corrected chi connectivity index (χ1v) is 10.9. The number of carboxylic acid groups (broad SMARTS) is 1. The van der Waals surface area contributed by atoms with Crippen LogP contribution in [0, 0.1) is 0 Å². The smallest absolute Gasteiger partial charge is 0.408 e. The zero-order valence-corrected chi connectivity index (χ0v) is 18.9. The maximum absolute atomic E-state index is 12.5. The molecule has 1 rings (SSSR count). The van der Waals surface area contributed by atoms with Crippen molar-refractivity contribution in [1.82, 2.24) is 5.32 Å². The van der Waals surface area contributed by atoms with E-state index in [2.05, 4.69) is 0 Å². The third kappa shape index (κ3) is 7.98. The second kappa shape index (κ2) is 9.42. The fraction of sp³-hybridized carbons (Fsp3) is 0.476. The number of alkyl carbamates (subject to hydrolysis) is 1. The molecule has 0 saturated heterocycles. The molecule has 0 aliphatic heterocycles. The van der Waals surface area contributed by atoms with E-state index in [1.165, 1.54) is 6.08 Å². The van der Waals surface area contributed by atoms with E-state index in [-0.39, 0.29) is 5.41 Å². The van der Waals surface area contributed by atoms with Gasteiger partial charge in [-0.1, -0.05) is 45.0 Å². The summed E-state index contributed by atoms with van der Waals surface area (Å²) in [6.45, 7) is 10.6. The average Bonchev–Trinajstić information content (AvgIpc) is 2.56. The lowest BCUT2D eigenvalue weighted by molar-refractivity contribution is -0.138. The molecule has 0 saturated carbocycles. The number of aliphatic carboxylic acids is 1. The molecule has 1 aromatic rings. The Morgan fingerprint density at radius 3 is 2.17 bits per heavy atom. The van der Waals surface area contributed by atoms with E-state index in [0.717, 1.165) is 11.0 Å². The number of ether oxygens (including phenoxy) is 1. The highest BCUT2D eigenvalue weighted by molar-refractivity contribution is 8.08. The Morgan fingerprint density at radius 2 is 1.67 bits per heavy atom. The number of hydrogen-bond acceptors (Lipinski definition) is 6. The Morgan fingerprint density at radius 1 is 1.10 bits per heavy atom. The molecule has 0 bridgehead atoms. The molecule has 0 aromatic heterocycles. The molecule has 9 heteroatoms. The topological polar surface area (TPSA) is 127 Å². The lowest BCUT2D eigenvalue weighted by atomic mass is 9.84. The molecule has 1 atom stereocenters. The van der Waals surface area contributed by atoms with Gasteiger partial charge in [0.15, 0.2) is 0 Å². The van der Waals surface area contributed by atoms with Crippen LogP contribution in [0.2, 0.25) is 0 Å². The Balaban J connectivity index is 3.16. The second-order valence-corrected chi connectivity index (χ2v) is 10.6. The number of rotatable bonds is 6. The number of carbonyl (C=O) groups is 3. The van der Waals surface area contributed by atoms with Gasteiger partial charge in [-0.25, -0.2) is 13.2 Å². The van der Waals surface area contributed by atoms with Crippen LogP contribution in [-0.4, -0.2) is 42.3 Å². The fourth-order valence-electron chi connectivity index (χ4n) is 2.57. The van der Waals surface area contributed by atoms with Crippen molar-refractivity contribution in [3.8, 4) is 0 Å². The Labute approximate surface area is 177 Å². The van der Waals surface area contributed by atoms with Crippen LogP contribution in [-0.2, 0) is 29.6 Å². The second-order valence-electron chi connectivity index (χ2n) is 8.80. The molecule has 8 nitrogen and oxygen atoms in total. The van der Waals surface area contributed by atoms with Gasteiger partial charge in [-0.2, -0.15) is 0 Å². The number of amides is 1.